The standard InChI is InChI=1S/C16H13Br2NO3/c17-12-5-1-10(2-6-12)9-19-14(16(21)22)15(20)11-3-7-13(18)8-4-11/h1-9,14-15,20H,(H,21,22)/t14?,15-/m1/s1. The second-order valence-electron chi connectivity index (χ2n) is 4.61. The Morgan fingerprint density at radius 2 is 1.50 bits per heavy atom. The molecule has 2 atom stereocenters. The number of nitrogens with zero attached hydrogens (tertiary/aromatic N) is 1. The maximum atomic E-state index is 11.4. The van der Waals surface area contributed by atoms with Crippen molar-refractivity contribution in [1.82, 2.24) is 0 Å². The molecule has 2 aromatic rings. The van der Waals surface area contributed by atoms with Crippen LogP contribution in [0.3, 0.4) is 0 Å². The van der Waals surface area contributed by atoms with E-state index >= 15 is 0 Å². The molecular formula is C16H13Br2NO3. The molecule has 0 spiro atoms. The van der Waals surface area contributed by atoms with Crippen LogP contribution in [0, 0.1) is 0 Å². The first-order valence-electron chi connectivity index (χ1n) is 6.42. The van der Waals surface area contributed by atoms with Gasteiger partial charge in [0, 0.05) is 15.2 Å². The van der Waals surface area contributed by atoms with Crippen LogP contribution in [0.15, 0.2) is 62.5 Å². The minimum Gasteiger partial charge on any atom is -0.480 e. The summed E-state index contributed by atoms with van der Waals surface area (Å²) in [6.45, 7) is 0. The third-order valence-electron chi connectivity index (χ3n) is 3.02. The van der Waals surface area contributed by atoms with Gasteiger partial charge in [0.2, 0.25) is 0 Å². The second kappa shape index (κ2) is 7.67. The van der Waals surface area contributed by atoms with Crippen molar-refractivity contribution in [3.05, 3.63) is 68.6 Å². The van der Waals surface area contributed by atoms with Crippen LogP contribution in [0.2, 0.25) is 0 Å². The number of hydrogen-bond acceptors (Lipinski definition) is 3. The van der Waals surface area contributed by atoms with Gasteiger partial charge in [-0.25, -0.2) is 4.79 Å². The molecule has 2 N–H and O–H groups in total. The van der Waals surface area contributed by atoms with Crippen LogP contribution in [0.4, 0.5) is 0 Å². The summed E-state index contributed by atoms with van der Waals surface area (Å²) in [6, 6.07) is 12.8. The normalized spacial score (nSPS) is 14.0. The van der Waals surface area contributed by atoms with Crippen LogP contribution in [-0.4, -0.2) is 28.4 Å². The SMILES string of the molecule is O=C(O)C(N=Cc1ccc(Br)cc1)[C@H](O)c1ccc(Br)cc1. The molecule has 0 saturated heterocycles. The van der Waals surface area contributed by atoms with Gasteiger partial charge in [-0.15, -0.1) is 0 Å². The molecule has 2 aromatic carbocycles. The van der Waals surface area contributed by atoms with E-state index in [2.05, 4.69) is 36.9 Å². The van der Waals surface area contributed by atoms with Crippen LogP contribution >= 0.6 is 31.9 Å². The molecule has 0 aliphatic rings. The van der Waals surface area contributed by atoms with Crippen LogP contribution in [0.25, 0.3) is 0 Å². The molecule has 0 aromatic heterocycles. The number of carbonyl (C=O) groups is 1. The summed E-state index contributed by atoms with van der Waals surface area (Å²) in [4.78, 5) is 15.4. The van der Waals surface area contributed by atoms with Gasteiger partial charge in [0.15, 0.2) is 6.04 Å². The van der Waals surface area contributed by atoms with E-state index in [1.165, 1.54) is 6.21 Å². The van der Waals surface area contributed by atoms with E-state index in [0.717, 1.165) is 14.5 Å². The Balaban J connectivity index is 2.20. The lowest BCUT2D eigenvalue weighted by Crippen LogP contribution is -2.26. The zero-order valence-electron chi connectivity index (χ0n) is 11.4. The molecule has 0 saturated carbocycles. The molecule has 6 heteroatoms. The number of rotatable bonds is 5. The fraction of sp³-hybridized carbons (Fsp3) is 0.125. The van der Waals surface area contributed by atoms with Crippen molar-refractivity contribution in [3.63, 3.8) is 0 Å². The molecule has 0 aliphatic carbocycles. The largest absolute Gasteiger partial charge is 0.480 e. The fourth-order valence-corrected chi connectivity index (χ4v) is 2.37. The van der Waals surface area contributed by atoms with Gasteiger partial charge < -0.3 is 10.2 Å². The number of aliphatic hydroxyl groups excluding tert-OH is 1. The van der Waals surface area contributed by atoms with E-state index < -0.39 is 18.1 Å². The summed E-state index contributed by atoms with van der Waals surface area (Å²) in [5.74, 6) is -1.18. The number of benzene rings is 2. The third-order valence-corrected chi connectivity index (χ3v) is 4.08. The Morgan fingerprint density at radius 1 is 1.00 bits per heavy atom. The van der Waals surface area contributed by atoms with Crippen molar-refractivity contribution < 1.29 is 15.0 Å². The van der Waals surface area contributed by atoms with Crippen molar-refractivity contribution in [1.29, 1.82) is 0 Å². The van der Waals surface area contributed by atoms with Gasteiger partial charge in [-0.05, 0) is 35.4 Å². The second-order valence-corrected chi connectivity index (χ2v) is 6.44. The number of carboxylic acid groups (broad SMARTS) is 1. The predicted octanol–water partition coefficient (Wildman–Crippen LogP) is 3.82. The Labute approximate surface area is 144 Å². The van der Waals surface area contributed by atoms with E-state index in [4.69, 9.17) is 0 Å². The van der Waals surface area contributed by atoms with Gasteiger partial charge in [-0.3, -0.25) is 4.99 Å². The predicted molar refractivity (Wildman–Crippen MR) is 92.3 cm³/mol. The van der Waals surface area contributed by atoms with Gasteiger partial charge in [-0.1, -0.05) is 56.1 Å². The van der Waals surface area contributed by atoms with E-state index in [9.17, 15) is 15.0 Å². The number of aliphatic hydroxyl groups is 1. The molecule has 0 aliphatic heterocycles. The Hall–Kier alpha value is -1.50. The van der Waals surface area contributed by atoms with Gasteiger partial charge >= 0.3 is 5.97 Å². The molecular weight excluding hydrogens is 414 g/mol. The summed E-state index contributed by atoms with van der Waals surface area (Å²) in [6.07, 6.45) is 0.241. The lowest BCUT2D eigenvalue weighted by molar-refractivity contribution is -0.141. The first-order chi connectivity index (χ1) is 10.5. The highest BCUT2D eigenvalue weighted by Crippen LogP contribution is 2.22. The van der Waals surface area contributed by atoms with Crippen LogP contribution in [-0.2, 0) is 4.79 Å². The zero-order chi connectivity index (χ0) is 16.1. The number of hydrogen-bond donors (Lipinski definition) is 2. The average molecular weight is 427 g/mol. The number of aliphatic carboxylic acids is 1. The van der Waals surface area contributed by atoms with Crippen molar-refractivity contribution in [3.8, 4) is 0 Å². The van der Waals surface area contributed by atoms with E-state index in [1.807, 2.05) is 12.1 Å². The molecule has 0 amide bonds. The highest BCUT2D eigenvalue weighted by molar-refractivity contribution is 9.10. The Morgan fingerprint density at radius 3 is 2.00 bits per heavy atom. The topological polar surface area (TPSA) is 69.9 Å². The minimum absolute atomic E-state index is 0.503. The lowest BCUT2D eigenvalue weighted by Gasteiger charge is -2.16. The first kappa shape index (κ1) is 16.9. The maximum Gasteiger partial charge on any atom is 0.331 e. The van der Waals surface area contributed by atoms with Gasteiger partial charge in [0.25, 0.3) is 0 Å². The molecule has 0 radical (unpaired) electrons. The van der Waals surface area contributed by atoms with E-state index in [-0.39, 0.29) is 0 Å². The molecule has 4 nitrogen and oxygen atoms in total. The highest BCUT2D eigenvalue weighted by Gasteiger charge is 2.26. The summed E-state index contributed by atoms with van der Waals surface area (Å²) >= 11 is 6.62. The summed E-state index contributed by atoms with van der Waals surface area (Å²) in [5, 5.41) is 19.5. The lowest BCUT2D eigenvalue weighted by atomic mass is 10.0. The molecule has 0 fully saturated rings. The smallest absolute Gasteiger partial charge is 0.331 e. The number of carboxylic acids is 1. The van der Waals surface area contributed by atoms with Gasteiger partial charge in [-0.2, -0.15) is 0 Å². The zero-order valence-corrected chi connectivity index (χ0v) is 14.5. The van der Waals surface area contributed by atoms with Crippen LogP contribution < -0.4 is 0 Å². The first-order valence-corrected chi connectivity index (χ1v) is 8.01. The Bertz CT molecular complexity index is 669. The third kappa shape index (κ3) is 4.50. The summed E-state index contributed by atoms with van der Waals surface area (Å²) < 4.78 is 1.78. The van der Waals surface area contributed by atoms with Gasteiger partial charge in [0.1, 0.15) is 6.10 Å². The quantitative estimate of drug-likeness (QED) is 0.714. The molecule has 2 rings (SSSR count). The van der Waals surface area contributed by atoms with Crippen LogP contribution in [0.5, 0.6) is 0 Å². The summed E-state index contributed by atoms with van der Waals surface area (Å²) in [5.41, 5.74) is 1.26. The van der Waals surface area contributed by atoms with Gasteiger partial charge in [0.05, 0.1) is 0 Å². The number of halogens is 2. The average Bonchev–Trinajstić information content (AvgIpc) is 2.49. The van der Waals surface area contributed by atoms with Crippen LogP contribution in [0.1, 0.15) is 17.2 Å². The van der Waals surface area contributed by atoms with E-state index in [0.29, 0.717) is 5.56 Å². The van der Waals surface area contributed by atoms with Crippen molar-refractivity contribution in [2.75, 3.05) is 0 Å². The molecule has 0 bridgehead atoms. The van der Waals surface area contributed by atoms with Crippen molar-refractivity contribution >= 4 is 44.0 Å². The highest BCUT2D eigenvalue weighted by atomic mass is 79.9. The Kier molecular flexibility index (Phi) is 5.88. The molecule has 0 heterocycles. The molecule has 114 valence electrons. The monoisotopic (exact) mass is 425 g/mol. The number of aliphatic imine (C=N–C) groups is 1. The van der Waals surface area contributed by atoms with Crippen molar-refractivity contribution in [2.24, 2.45) is 4.99 Å². The molecule has 1 unspecified atom stereocenters. The minimum atomic E-state index is -1.26. The fourth-order valence-electron chi connectivity index (χ4n) is 1.84. The maximum absolute atomic E-state index is 11.4. The van der Waals surface area contributed by atoms with E-state index in [1.54, 1.807) is 36.4 Å². The van der Waals surface area contributed by atoms with Crippen molar-refractivity contribution in [2.45, 2.75) is 12.1 Å². The summed E-state index contributed by atoms with van der Waals surface area (Å²) in [7, 11) is 0. The molecule has 22 heavy (non-hydrogen) atoms.